The number of hydrogen-bond donors (Lipinski definition) is 1. The van der Waals surface area contributed by atoms with Crippen molar-refractivity contribution in [3.63, 3.8) is 0 Å². The van der Waals surface area contributed by atoms with Crippen LogP contribution in [0.2, 0.25) is 10.2 Å². The Balaban J connectivity index is 1.48. The summed E-state index contributed by atoms with van der Waals surface area (Å²) in [5, 5.41) is 4.88. The van der Waals surface area contributed by atoms with E-state index in [1.807, 2.05) is 11.3 Å². The minimum Gasteiger partial charge on any atom is -0.351 e. The highest BCUT2D eigenvalue weighted by Gasteiger charge is 2.16. The largest absolute Gasteiger partial charge is 0.351 e. The van der Waals surface area contributed by atoms with E-state index >= 15 is 0 Å². The number of amides is 1. The highest BCUT2D eigenvalue weighted by molar-refractivity contribution is 7.11. The van der Waals surface area contributed by atoms with Crippen molar-refractivity contribution in [1.29, 1.82) is 0 Å². The van der Waals surface area contributed by atoms with Crippen LogP contribution in [0.5, 0.6) is 0 Å². The van der Waals surface area contributed by atoms with Crippen LogP contribution in [0.15, 0.2) is 6.07 Å². The van der Waals surface area contributed by atoms with E-state index in [-0.39, 0.29) is 5.91 Å². The summed E-state index contributed by atoms with van der Waals surface area (Å²) in [6.07, 6.45) is 6.63. The van der Waals surface area contributed by atoms with Crippen molar-refractivity contribution >= 4 is 40.4 Å². The number of fused-ring (bicyclic) bond motifs is 1. The van der Waals surface area contributed by atoms with Gasteiger partial charge < -0.3 is 9.88 Å². The second-order valence-electron chi connectivity index (χ2n) is 5.77. The maximum Gasteiger partial charge on any atom is 0.267 e. The van der Waals surface area contributed by atoms with E-state index in [0.29, 0.717) is 22.4 Å². The van der Waals surface area contributed by atoms with Gasteiger partial charge in [-0.05, 0) is 38.2 Å². The lowest BCUT2D eigenvalue weighted by Gasteiger charge is -2.06. The number of carbonyl (C=O) groups is 1. The smallest absolute Gasteiger partial charge is 0.267 e. The van der Waals surface area contributed by atoms with Gasteiger partial charge in [-0.1, -0.05) is 23.2 Å². The molecule has 0 saturated carbocycles. The Labute approximate surface area is 149 Å². The fourth-order valence-electron chi connectivity index (χ4n) is 2.80. The molecule has 1 amide bonds. The Bertz CT molecular complexity index is 700. The number of nitrogens with one attached hydrogen (secondary N) is 1. The van der Waals surface area contributed by atoms with Crippen LogP contribution in [0, 0.1) is 0 Å². The van der Waals surface area contributed by atoms with E-state index in [1.165, 1.54) is 34.8 Å². The van der Waals surface area contributed by atoms with E-state index in [9.17, 15) is 4.79 Å². The SMILES string of the molecule is Cn1c(C(=O)NCCCc2nc3c(s2)CCCC3)cc(Cl)c1Cl. The number of carbonyl (C=O) groups excluding carboxylic acids is 1. The third-order valence-corrected chi connectivity index (χ3v) is 6.15. The Kier molecular flexibility index (Phi) is 5.29. The van der Waals surface area contributed by atoms with Gasteiger partial charge in [0.15, 0.2) is 0 Å². The first-order valence-electron chi connectivity index (χ1n) is 7.82. The molecule has 23 heavy (non-hydrogen) atoms. The van der Waals surface area contributed by atoms with Crippen molar-refractivity contribution in [1.82, 2.24) is 14.9 Å². The van der Waals surface area contributed by atoms with Crippen LogP contribution in [-0.2, 0) is 26.3 Å². The zero-order valence-electron chi connectivity index (χ0n) is 13.0. The summed E-state index contributed by atoms with van der Waals surface area (Å²) in [4.78, 5) is 18.3. The molecule has 124 valence electrons. The summed E-state index contributed by atoms with van der Waals surface area (Å²) in [7, 11) is 1.73. The molecule has 4 nitrogen and oxygen atoms in total. The number of rotatable bonds is 5. The molecule has 1 aliphatic rings. The van der Waals surface area contributed by atoms with Crippen LogP contribution in [0.25, 0.3) is 0 Å². The molecule has 0 atom stereocenters. The summed E-state index contributed by atoms with van der Waals surface area (Å²) in [5.41, 5.74) is 1.78. The summed E-state index contributed by atoms with van der Waals surface area (Å²) in [5.74, 6) is -0.153. The van der Waals surface area contributed by atoms with E-state index in [1.54, 1.807) is 17.7 Å². The van der Waals surface area contributed by atoms with Crippen LogP contribution >= 0.6 is 34.5 Å². The number of aryl methyl sites for hydroxylation is 3. The van der Waals surface area contributed by atoms with Gasteiger partial charge >= 0.3 is 0 Å². The first-order chi connectivity index (χ1) is 11.1. The Morgan fingerprint density at radius 1 is 1.39 bits per heavy atom. The maximum absolute atomic E-state index is 12.1. The Morgan fingerprint density at radius 2 is 2.17 bits per heavy atom. The molecule has 0 saturated heterocycles. The molecular formula is C16H19Cl2N3OS. The molecule has 0 spiro atoms. The standard InChI is InChI=1S/C16H19Cl2N3OS/c1-21-12(9-10(17)15(21)18)16(22)19-8-4-7-14-20-11-5-2-3-6-13(11)23-14/h9H,2-8H2,1H3,(H,19,22). The maximum atomic E-state index is 12.1. The molecule has 2 heterocycles. The monoisotopic (exact) mass is 371 g/mol. The fraction of sp³-hybridized carbons (Fsp3) is 0.500. The minimum absolute atomic E-state index is 0.153. The quantitative estimate of drug-likeness (QED) is 0.806. The summed E-state index contributed by atoms with van der Waals surface area (Å²) < 4.78 is 1.59. The third kappa shape index (κ3) is 3.73. The summed E-state index contributed by atoms with van der Waals surface area (Å²) in [6, 6.07) is 1.59. The van der Waals surface area contributed by atoms with E-state index in [0.717, 1.165) is 19.3 Å². The minimum atomic E-state index is -0.153. The highest BCUT2D eigenvalue weighted by Crippen LogP contribution is 2.27. The zero-order valence-corrected chi connectivity index (χ0v) is 15.3. The van der Waals surface area contributed by atoms with Gasteiger partial charge in [-0.3, -0.25) is 4.79 Å². The molecule has 2 aromatic rings. The van der Waals surface area contributed by atoms with Crippen molar-refractivity contribution in [2.75, 3.05) is 6.54 Å². The zero-order chi connectivity index (χ0) is 16.4. The second-order valence-corrected chi connectivity index (χ2v) is 7.70. The van der Waals surface area contributed by atoms with Gasteiger partial charge in [-0.25, -0.2) is 4.98 Å². The summed E-state index contributed by atoms with van der Waals surface area (Å²) in [6.45, 7) is 0.615. The van der Waals surface area contributed by atoms with Crippen molar-refractivity contribution in [2.24, 2.45) is 7.05 Å². The van der Waals surface area contributed by atoms with Crippen LogP contribution in [0.1, 0.15) is 45.3 Å². The Morgan fingerprint density at radius 3 is 2.87 bits per heavy atom. The Hall–Kier alpha value is -1.04. The average molecular weight is 372 g/mol. The topological polar surface area (TPSA) is 46.9 Å². The van der Waals surface area contributed by atoms with Gasteiger partial charge in [0.1, 0.15) is 10.8 Å². The van der Waals surface area contributed by atoms with Crippen molar-refractivity contribution < 1.29 is 4.79 Å². The number of aromatic nitrogens is 2. The molecule has 1 N–H and O–H groups in total. The molecule has 2 aromatic heterocycles. The van der Waals surface area contributed by atoms with E-state index in [4.69, 9.17) is 28.2 Å². The van der Waals surface area contributed by atoms with E-state index in [2.05, 4.69) is 5.32 Å². The first kappa shape index (κ1) is 16.8. The van der Waals surface area contributed by atoms with Gasteiger partial charge in [0.25, 0.3) is 5.91 Å². The second kappa shape index (κ2) is 7.24. The molecule has 0 bridgehead atoms. The number of halogens is 2. The third-order valence-electron chi connectivity index (χ3n) is 4.09. The van der Waals surface area contributed by atoms with Gasteiger partial charge in [0.05, 0.1) is 15.7 Å². The van der Waals surface area contributed by atoms with Crippen LogP contribution in [0.4, 0.5) is 0 Å². The normalized spacial score (nSPS) is 13.9. The van der Waals surface area contributed by atoms with Gasteiger partial charge in [-0.15, -0.1) is 11.3 Å². The number of nitrogens with zero attached hydrogens (tertiary/aromatic N) is 2. The van der Waals surface area contributed by atoms with Crippen LogP contribution in [-0.4, -0.2) is 22.0 Å². The van der Waals surface area contributed by atoms with Gasteiger partial charge in [-0.2, -0.15) is 0 Å². The van der Waals surface area contributed by atoms with Crippen LogP contribution in [0.3, 0.4) is 0 Å². The van der Waals surface area contributed by atoms with E-state index < -0.39 is 0 Å². The molecule has 1 aliphatic carbocycles. The average Bonchev–Trinajstić information content (AvgIpc) is 3.07. The molecule has 7 heteroatoms. The number of thiazole rings is 1. The molecule has 0 unspecified atom stereocenters. The molecule has 0 aromatic carbocycles. The molecule has 0 aliphatic heterocycles. The lowest BCUT2D eigenvalue weighted by molar-refractivity contribution is 0.0945. The molecule has 0 fully saturated rings. The number of hydrogen-bond acceptors (Lipinski definition) is 3. The summed E-state index contributed by atoms with van der Waals surface area (Å²) >= 11 is 13.7. The molecule has 3 rings (SSSR count). The van der Waals surface area contributed by atoms with Gasteiger partial charge in [0.2, 0.25) is 0 Å². The highest BCUT2D eigenvalue weighted by atomic mass is 35.5. The fourth-order valence-corrected chi connectivity index (χ4v) is 4.38. The predicted molar refractivity (Wildman–Crippen MR) is 94.8 cm³/mol. The molecule has 0 radical (unpaired) electrons. The van der Waals surface area contributed by atoms with Crippen LogP contribution < -0.4 is 5.32 Å². The van der Waals surface area contributed by atoms with Crippen molar-refractivity contribution in [3.05, 3.63) is 37.5 Å². The molecular weight excluding hydrogens is 353 g/mol. The first-order valence-corrected chi connectivity index (χ1v) is 9.40. The lowest BCUT2D eigenvalue weighted by Crippen LogP contribution is -2.26. The van der Waals surface area contributed by atoms with Gasteiger partial charge in [0, 0.05) is 24.9 Å². The predicted octanol–water partition coefficient (Wildman–Crippen LogP) is 4.03. The lowest BCUT2D eigenvalue weighted by atomic mass is 10.0. The van der Waals surface area contributed by atoms with Crippen molar-refractivity contribution in [3.8, 4) is 0 Å². The van der Waals surface area contributed by atoms with Crippen molar-refractivity contribution in [2.45, 2.75) is 38.5 Å².